The van der Waals surface area contributed by atoms with E-state index < -0.39 is 23.1 Å². The van der Waals surface area contributed by atoms with Gasteiger partial charge in [-0.2, -0.15) is 0 Å². The highest BCUT2D eigenvalue weighted by molar-refractivity contribution is 5.94. The zero-order chi connectivity index (χ0) is 15.4. The van der Waals surface area contributed by atoms with E-state index in [1.165, 1.54) is 6.07 Å². The largest absolute Gasteiger partial charge is 0.352 e. The first-order valence-electron chi connectivity index (χ1n) is 7.45. The van der Waals surface area contributed by atoms with Crippen molar-refractivity contribution in [1.29, 1.82) is 0 Å². The lowest BCUT2D eigenvalue weighted by Gasteiger charge is -2.34. The first-order chi connectivity index (χ1) is 9.99. The van der Waals surface area contributed by atoms with E-state index in [4.69, 9.17) is 0 Å². The Morgan fingerprint density at radius 2 is 1.86 bits per heavy atom. The molecular formula is C16H22F2N2O. The molecule has 1 fully saturated rings. The van der Waals surface area contributed by atoms with E-state index in [1.807, 2.05) is 0 Å². The average Bonchev–Trinajstić information content (AvgIpc) is 2.45. The van der Waals surface area contributed by atoms with Crippen LogP contribution in [0.4, 0.5) is 8.78 Å². The molecule has 2 rings (SSSR count). The molecule has 0 aliphatic carbocycles. The van der Waals surface area contributed by atoms with Crippen molar-refractivity contribution in [3.63, 3.8) is 0 Å². The van der Waals surface area contributed by atoms with Crippen LogP contribution in [0.25, 0.3) is 0 Å². The van der Waals surface area contributed by atoms with E-state index in [1.54, 1.807) is 0 Å². The van der Waals surface area contributed by atoms with Crippen molar-refractivity contribution in [2.24, 2.45) is 5.92 Å². The van der Waals surface area contributed by atoms with Crippen LogP contribution in [0, 0.1) is 17.6 Å². The number of carbonyl (C=O) groups is 1. The quantitative estimate of drug-likeness (QED) is 0.926. The van der Waals surface area contributed by atoms with Gasteiger partial charge < -0.3 is 10.2 Å². The lowest BCUT2D eigenvalue weighted by Crippen LogP contribution is -2.41. The van der Waals surface area contributed by atoms with Crippen LogP contribution in [0.15, 0.2) is 18.2 Å². The minimum Gasteiger partial charge on any atom is -0.352 e. The molecule has 3 nitrogen and oxygen atoms in total. The maximum Gasteiger partial charge on any atom is 0.257 e. The summed E-state index contributed by atoms with van der Waals surface area (Å²) in [5, 5.41) is 2.66. The Labute approximate surface area is 124 Å². The summed E-state index contributed by atoms with van der Waals surface area (Å²) in [6, 6.07) is 3.98. The van der Waals surface area contributed by atoms with Crippen LogP contribution in [0.3, 0.4) is 0 Å². The number of hydrogen-bond acceptors (Lipinski definition) is 2. The van der Waals surface area contributed by atoms with Gasteiger partial charge in [0.25, 0.3) is 5.91 Å². The van der Waals surface area contributed by atoms with Gasteiger partial charge >= 0.3 is 0 Å². The van der Waals surface area contributed by atoms with Crippen LogP contribution in [0.2, 0.25) is 0 Å². The molecular weight excluding hydrogens is 274 g/mol. The van der Waals surface area contributed by atoms with Crippen LogP contribution < -0.4 is 5.32 Å². The van der Waals surface area contributed by atoms with Gasteiger partial charge in [0, 0.05) is 12.6 Å². The van der Waals surface area contributed by atoms with Crippen molar-refractivity contribution in [3.8, 4) is 0 Å². The van der Waals surface area contributed by atoms with Gasteiger partial charge in [0.2, 0.25) is 0 Å². The lowest BCUT2D eigenvalue weighted by molar-refractivity contribution is 0.0921. The zero-order valence-electron chi connectivity index (χ0n) is 12.5. The second-order valence-electron chi connectivity index (χ2n) is 5.88. The zero-order valence-corrected chi connectivity index (χ0v) is 12.5. The van der Waals surface area contributed by atoms with Gasteiger partial charge in [-0.05, 0) is 57.8 Å². The maximum atomic E-state index is 13.5. The highest BCUT2D eigenvalue weighted by atomic mass is 19.1. The number of piperidine rings is 1. The number of likely N-dealkylation sites (tertiary alicyclic amines) is 1. The number of amides is 1. The van der Waals surface area contributed by atoms with Gasteiger partial charge in [0.05, 0.1) is 0 Å². The van der Waals surface area contributed by atoms with Gasteiger partial charge in [0.15, 0.2) is 0 Å². The predicted octanol–water partition coefficient (Wildman–Crippen LogP) is 2.82. The fourth-order valence-electron chi connectivity index (χ4n) is 2.71. The SMILES string of the molecule is CC(C)N1CCC(CNC(=O)c2c(F)cccc2F)CC1. The Kier molecular flexibility index (Phi) is 5.28. The summed E-state index contributed by atoms with van der Waals surface area (Å²) in [5.41, 5.74) is -0.489. The van der Waals surface area contributed by atoms with E-state index >= 15 is 0 Å². The summed E-state index contributed by atoms with van der Waals surface area (Å²) in [5.74, 6) is -1.93. The maximum absolute atomic E-state index is 13.5. The van der Waals surface area contributed by atoms with Crippen molar-refractivity contribution >= 4 is 5.91 Å². The summed E-state index contributed by atoms with van der Waals surface area (Å²) in [6.45, 7) is 6.82. The van der Waals surface area contributed by atoms with Crippen molar-refractivity contribution in [1.82, 2.24) is 10.2 Å². The molecule has 0 spiro atoms. The average molecular weight is 296 g/mol. The number of halogens is 2. The first-order valence-corrected chi connectivity index (χ1v) is 7.45. The molecule has 0 saturated carbocycles. The summed E-state index contributed by atoms with van der Waals surface area (Å²) < 4.78 is 27.0. The van der Waals surface area contributed by atoms with Crippen molar-refractivity contribution in [3.05, 3.63) is 35.4 Å². The fourth-order valence-corrected chi connectivity index (χ4v) is 2.71. The second kappa shape index (κ2) is 6.98. The normalized spacial score (nSPS) is 17.2. The topological polar surface area (TPSA) is 32.3 Å². The number of rotatable bonds is 4. The van der Waals surface area contributed by atoms with E-state index in [-0.39, 0.29) is 0 Å². The third-order valence-corrected chi connectivity index (χ3v) is 4.12. The molecule has 116 valence electrons. The number of nitrogens with one attached hydrogen (secondary N) is 1. The van der Waals surface area contributed by atoms with E-state index in [0.717, 1.165) is 38.1 Å². The molecule has 1 aromatic carbocycles. The molecule has 1 amide bonds. The minimum absolute atomic E-state index is 0.374. The van der Waals surface area contributed by atoms with Crippen molar-refractivity contribution in [2.45, 2.75) is 32.7 Å². The molecule has 0 radical (unpaired) electrons. The molecule has 0 aromatic heterocycles. The molecule has 0 atom stereocenters. The Bertz CT molecular complexity index is 477. The van der Waals surface area contributed by atoms with Gasteiger partial charge in [0.1, 0.15) is 17.2 Å². The number of nitrogens with zero attached hydrogens (tertiary/aromatic N) is 1. The van der Waals surface area contributed by atoms with Gasteiger partial charge in [-0.15, -0.1) is 0 Å². The summed E-state index contributed by atoms with van der Waals surface area (Å²) in [4.78, 5) is 14.3. The van der Waals surface area contributed by atoms with Crippen LogP contribution in [-0.2, 0) is 0 Å². The number of benzene rings is 1. The van der Waals surface area contributed by atoms with Gasteiger partial charge in [-0.1, -0.05) is 6.07 Å². The molecule has 0 bridgehead atoms. The highest BCUT2D eigenvalue weighted by Crippen LogP contribution is 2.18. The molecule has 21 heavy (non-hydrogen) atoms. The molecule has 0 unspecified atom stereocenters. The van der Waals surface area contributed by atoms with Gasteiger partial charge in [-0.3, -0.25) is 4.79 Å². The summed E-state index contributed by atoms with van der Waals surface area (Å²) in [6.07, 6.45) is 2.00. The smallest absolute Gasteiger partial charge is 0.257 e. The van der Waals surface area contributed by atoms with E-state index in [0.29, 0.717) is 18.5 Å². The lowest BCUT2D eigenvalue weighted by atomic mass is 9.96. The molecule has 1 aliphatic heterocycles. The van der Waals surface area contributed by atoms with Crippen LogP contribution in [0.5, 0.6) is 0 Å². The predicted molar refractivity (Wildman–Crippen MR) is 78.1 cm³/mol. The van der Waals surface area contributed by atoms with E-state index in [9.17, 15) is 13.6 Å². The minimum atomic E-state index is -0.817. The Balaban J connectivity index is 1.85. The fraction of sp³-hybridized carbons (Fsp3) is 0.562. The number of hydrogen-bond donors (Lipinski definition) is 1. The third-order valence-electron chi connectivity index (χ3n) is 4.12. The van der Waals surface area contributed by atoms with E-state index in [2.05, 4.69) is 24.1 Å². The molecule has 5 heteroatoms. The van der Waals surface area contributed by atoms with Crippen LogP contribution in [0.1, 0.15) is 37.0 Å². The van der Waals surface area contributed by atoms with Crippen molar-refractivity contribution in [2.75, 3.05) is 19.6 Å². The standard InChI is InChI=1S/C16H22F2N2O/c1-11(2)20-8-6-12(7-9-20)10-19-16(21)15-13(17)4-3-5-14(15)18/h3-5,11-12H,6-10H2,1-2H3,(H,19,21). The van der Waals surface area contributed by atoms with Crippen LogP contribution in [-0.4, -0.2) is 36.5 Å². The Hall–Kier alpha value is -1.49. The monoisotopic (exact) mass is 296 g/mol. The van der Waals surface area contributed by atoms with Crippen LogP contribution >= 0.6 is 0 Å². The molecule has 1 heterocycles. The molecule has 1 aliphatic rings. The third kappa shape index (κ3) is 4.00. The molecule has 1 N–H and O–H groups in total. The van der Waals surface area contributed by atoms with Gasteiger partial charge in [-0.25, -0.2) is 8.78 Å². The molecule has 1 aromatic rings. The highest BCUT2D eigenvalue weighted by Gasteiger charge is 2.22. The Morgan fingerprint density at radius 1 is 1.29 bits per heavy atom. The summed E-state index contributed by atoms with van der Waals surface area (Å²) in [7, 11) is 0. The number of carbonyl (C=O) groups excluding carboxylic acids is 1. The molecule has 1 saturated heterocycles. The Morgan fingerprint density at radius 3 is 2.38 bits per heavy atom. The van der Waals surface area contributed by atoms with Crippen molar-refractivity contribution < 1.29 is 13.6 Å². The first kappa shape index (κ1) is 15.9. The summed E-state index contributed by atoms with van der Waals surface area (Å²) >= 11 is 0. The second-order valence-corrected chi connectivity index (χ2v) is 5.88.